The summed E-state index contributed by atoms with van der Waals surface area (Å²) in [5.41, 5.74) is 0. The van der Waals surface area contributed by atoms with Gasteiger partial charge in [0.05, 0.1) is 0 Å². The molecule has 0 aliphatic rings. The standard InChI is InChI=1S/C11H16N2O4S/c1-8(2)7-9(11(14)15)13-18(16,17)10-5-3-4-6-12-10/h3-6,8-9,13H,7H2,1-2H3,(H,14,15)/t9-/m0/s1. The number of pyridine rings is 1. The smallest absolute Gasteiger partial charge is 0.321 e. The lowest BCUT2D eigenvalue weighted by Crippen LogP contribution is -2.41. The highest BCUT2D eigenvalue weighted by Crippen LogP contribution is 2.10. The molecule has 100 valence electrons. The number of carbonyl (C=O) groups is 1. The second-order valence-electron chi connectivity index (χ2n) is 4.31. The lowest BCUT2D eigenvalue weighted by molar-refractivity contribution is -0.139. The van der Waals surface area contributed by atoms with E-state index in [0.717, 1.165) is 0 Å². The van der Waals surface area contributed by atoms with Crippen LogP contribution in [0.4, 0.5) is 0 Å². The zero-order chi connectivity index (χ0) is 13.8. The van der Waals surface area contributed by atoms with Gasteiger partial charge in [-0.3, -0.25) is 4.79 Å². The summed E-state index contributed by atoms with van der Waals surface area (Å²) in [5.74, 6) is -1.12. The van der Waals surface area contributed by atoms with Gasteiger partial charge in [0.1, 0.15) is 6.04 Å². The maximum absolute atomic E-state index is 11.9. The van der Waals surface area contributed by atoms with Gasteiger partial charge in [0.25, 0.3) is 10.0 Å². The molecule has 1 atom stereocenters. The molecular formula is C11H16N2O4S. The van der Waals surface area contributed by atoms with Crippen LogP contribution in [0.1, 0.15) is 20.3 Å². The minimum Gasteiger partial charge on any atom is -0.480 e. The van der Waals surface area contributed by atoms with Crippen LogP contribution in [0, 0.1) is 5.92 Å². The second-order valence-corrected chi connectivity index (χ2v) is 5.97. The number of hydrogen-bond acceptors (Lipinski definition) is 4. The molecule has 0 saturated carbocycles. The van der Waals surface area contributed by atoms with Crippen molar-refractivity contribution in [1.82, 2.24) is 9.71 Å². The molecule has 0 radical (unpaired) electrons. The predicted molar refractivity (Wildman–Crippen MR) is 65.4 cm³/mol. The summed E-state index contributed by atoms with van der Waals surface area (Å²) in [5, 5.41) is 8.80. The Balaban J connectivity index is 2.90. The lowest BCUT2D eigenvalue weighted by atomic mass is 10.1. The number of rotatable bonds is 6. The highest BCUT2D eigenvalue weighted by molar-refractivity contribution is 7.89. The molecule has 0 fully saturated rings. The highest BCUT2D eigenvalue weighted by atomic mass is 32.2. The van der Waals surface area contributed by atoms with Gasteiger partial charge in [0, 0.05) is 6.20 Å². The van der Waals surface area contributed by atoms with Gasteiger partial charge in [-0.2, -0.15) is 4.72 Å². The number of nitrogens with one attached hydrogen (secondary N) is 1. The quantitative estimate of drug-likeness (QED) is 0.800. The molecule has 1 aromatic rings. The van der Waals surface area contributed by atoms with Crippen LogP contribution in [0.3, 0.4) is 0 Å². The topological polar surface area (TPSA) is 96.4 Å². The molecule has 0 aliphatic carbocycles. The zero-order valence-electron chi connectivity index (χ0n) is 10.2. The number of carboxylic acid groups (broad SMARTS) is 1. The van der Waals surface area contributed by atoms with E-state index in [9.17, 15) is 13.2 Å². The summed E-state index contributed by atoms with van der Waals surface area (Å²) >= 11 is 0. The first-order chi connectivity index (χ1) is 8.33. The third-order valence-corrected chi connectivity index (χ3v) is 3.60. The number of sulfonamides is 1. The van der Waals surface area contributed by atoms with Crippen LogP contribution < -0.4 is 4.72 Å². The Morgan fingerprint density at radius 1 is 1.44 bits per heavy atom. The molecule has 7 heteroatoms. The van der Waals surface area contributed by atoms with Crippen molar-refractivity contribution in [2.24, 2.45) is 5.92 Å². The van der Waals surface area contributed by atoms with Crippen molar-refractivity contribution < 1.29 is 18.3 Å². The fourth-order valence-electron chi connectivity index (χ4n) is 1.42. The van der Waals surface area contributed by atoms with E-state index in [1.807, 2.05) is 13.8 Å². The SMILES string of the molecule is CC(C)C[C@H](NS(=O)(=O)c1ccccn1)C(=O)O. The Bertz CT molecular complexity index is 499. The Labute approximate surface area is 106 Å². The molecule has 0 aliphatic heterocycles. The second kappa shape index (κ2) is 5.92. The largest absolute Gasteiger partial charge is 0.480 e. The Hall–Kier alpha value is -1.47. The molecule has 1 rings (SSSR count). The van der Waals surface area contributed by atoms with Crippen LogP contribution in [0.2, 0.25) is 0 Å². The van der Waals surface area contributed by atoms with Crippen molar-refractivity contribution in [3.8, 4) is 0 Å². The van der Waals surface area contributed by atoms with E-state index in [-0.39, 0.29) is 17.4 Å². The Morgan fingerprint density at radius 3 is 2.56 bits per heavy atom. The highest BCUT2D eigenvalue weighted by Gasteiger charge is 2.26. The van der Waals surface area contributed by atoms with Gasteiger partial charge in [-0.25, -0.2) is 13.4 Å². The molecule has 0 spiro atoms. The van der Waals surface area contributed by atoms with Crippen LogP contribution in [-0.4, -0.2) is 30.5 Å². The fourth-order valence-corrected chi connectivity index (χ4v) is 2.57. The van der Waals surface area contributed by atoms with Crippen molar-refractivity contribution in [1.29, 1.82) is 0 Å². The third kappa shape index (κ3) is 4.08. The first-order valence-corrected chi connectivity index (χ1v) is 6.97. The average Bonchev–Trinajstić information content (AvgIpc) is 2.28. The third-order valence-electron chi connectivity index (χ3n) is 2.22. The summed E-state index contributed by atoms with van der Waals surface area (Å²) in [6, 6.07) is 3.29. The molecule has 6 nitrogen and oxygen atoms in total. The van der Waals surface area contributed by atoms with E-state index in [0.29, 0.717) is 0 Å². The number of nitrogens with zero attached hydrogens (tertiary/aromatic N) is 1. The van der Waals surface area contributed by atoms with Gasteiger partial charge < -0.3 is 5.11 Å². The average molecular weight is 272 g/mol. The summed E-state index contributed by atoms with van der Waals surface area (Å²) < 4.78 is 25.9. The summed E-state index contributed by atoms with van der Waals surface area (Å²) in [6.45, 7) is 3.65. The Morgan fingerprint density at radius 2 is 2.11 bits per heavy atom. The van der Waals surface area contributed by atoms with E-state index < -0.39 is 22.0 Å². The summed E-state index contributed by atoms with van der Waals surface area (Å²) in [6.07, 6.45) is 1.56. The Kier molecular flexibility index (Phi) is 4.80. The van der Waals surface area contributed by atoms with Crippen LogP contribution in [0.5, 0.6) is 0 Å². The number of aliphatic carboxylic acids is 1. The van der Waals surface area contributed by atoms with E-state index in [4.69, 9.17) is 5.11 Å². The van der Waals surface area contributed by atoms with Crippen LogP contribution in [0.25, 0.3) is 0 Å². The fraction of sp³-hybridized carbons (Fsp3) is 0.455. The zero-order valence-corrected chi connectivity index (χ0v) is 11.0. The maximum Gasteiger partial charge on any atom is 0.321 e. The van der Waals surface area contributed by atoms with Crippen molar-refractivity contribution in [3.63, 3.8) is 0 Å². The minimum atomic E-state index is -3.89. The van der Waals surface area contributed by atoms with Crippen molar-refractivity contribution in [3.05, 3.63) is 24.4 Å². The molecule has 0 amide bonds. The molecule has 0 unspecified atom stereocenters. The van der Waals surface area contributed by atoms with Crippen LogP contribution >= 0.6 is 0 Å². The van der Waals surface area contributed by atoms with E-state index in [1.54, 1.807) is 6.07 Å². The van der Waals surface area contributed by atoms with Crippen molar-refractivity contribution in [2.75, 3.05) is 0 Å². The minimum absolute atomic E-state index is 0.0672. The molecule has 1 aromatic heterocycles. The van der Waals surface area contributed by atoms with E-state index in [2.05, 4.69) is 9.71 Å². The molecular weight excluding hydrogens is 256 g/mol. The van der Waals surface area contributed by atoms with Gasteiger partial charge in [-0.1, -0.05) is 19.9 Å². The van der Waals surface area contributed by atoms with Gasteiger partial charge in [-0.05, 0) is 24.5 Å². The van der Waals surface area contributed by atoms with Crippen molar-refractivity contribution in [2.45, 2.75) is 31.3 Å². The summed E-state index contributed by atoms with van der Waals surface area (Å²) in [7, 11) is -3.89. The van der Waals surface area contributed by atoms with Crippen LogP contribution in [-0.2, 0) is 14.8 Å². The molecule has 0 aromatic carbocycles. The maximum atomic E-state index is 11.9. The van der Waals surface area contributed by atoms with Gasteiger partial charge in [0.15, 0.2) is 5.03 Å². The van der Waals surface area contributed by atoms with Crippen molar-refractivity contribution >= 4 is 16.0 Å². The van der Waals surface area contributed by atoms with Gasteiger partial charge in [-0.15, -0.1) is 0 Å². The summed E-state index contributed by atoms with van der Waals surface area (Å²) in [4.78, 5) is 14.7. The molecule has 0 saturated heterocycles. The van der Waals surface area contributed by atoms with E-state index in [1.165, 1.54) is 18.3 Å². The molecule has 0 bridgehead atoms. The number of aromatic nitrogens is 1. The first kappa shape index (κ1) is 14.6. The monoisotopic (exact) mass is 272 g/mol. The molecule has 18 heavy (non-hydrogen) atoms. The van der Waals surface area contributed by atoms with Gasteiger partial charge in [0.2, 0.25) is 0 Å². The lowest BCUT2D eigenvalue weighted by Gasteiger charge is -2.16. The first-order valence-electron chi connectivity index (χ1n) is 5.49. The van der Waals surface area contributed by atoms with E-state index >= 15 is 0 Å². The van der Waals surface area contributed by atoms with Gasteiger partial charge >= 0.3 is 5.97 Å². The van der Waals surface area contributed by atoms with Crippen LogP contribution in [0.15, 0.2) is 29.4 Å². The molecule has 1 heterocycles. The predicted octanol–water partition coefficient (Wildman–Crippen LogP) is 0.859. The number of carboxylic acids is 1. The molecule has 2 N–H and O–H groups in total. The normalized spacial score (nSPS) is 13.5. The number of hydrogen-bond donors (Lipinski definition) is 2.